The van der Waals surface area contributed by atoms with Crippen LogP contribution in [0.15, 0.2) is 17.1 Å². The van der Waals surface area contributed by atoms with E-state index in [2.05, 4.69) is 9.97 Å². The maximum absolute atomic E-state index is 12.4. The van der Waals surface area contributed by atoms with Crippen molar-refractivity contribution in [2.75, 3.05) is 6.61 Å². The van der Waals surface area contributed by atoms with Gasteiger partial charge in [0.1, 0.15) is 0 Å². The minimum atomic E-state index is -0.292. The fourth-order valence-corrected chi connectivity index (χ4v) is 2.70. The van der Waals surface area contributed by atoms with E-state index in [1.165, 1.54) is 19.2 Å². The van der Waals surface area contributed by atoms with Gasteiger partial charge in [0.05, 0.1) is 11.4 Å². The van der Waals surface area contributed by atoms with Gasteiger partial charge in [0.25, 0.3) is 0 Å². The maximum atomic E-state index is 12.4. The molecule has 23 heavy (non-hydrogen) atoms. The monoisotopic (exact) mass is 316 g/mol. The molecule has 0 unspecified atom stereocenters. The third-order valence-corrected chi connectivity index (χ3v) is 3.72. The molecule has 0 fully saturated rings. The summed E-state index contributed by atoms with van der Waals surface area (Å²) in [7, 11) is 0. The van der Waals surface area contributed by atoms with Crippen LogP contribution in [0, 0.1) is 13.8 Å². The lowest BCUT2D eigenvalue weighted by atomic mass is 10.0. The molecular formula is C17H20N2O4. The second kappa shape index (κ2) is 6.64. The Morgan fingerprint density at radius 3 is 2.48 bits per heavy atom. The number of hydrogen-bond donors (Lipinski definition) is 2. The second-order valence-electron chi connectivity index (χ2n) is 5.40. The van der Waals surface area contributed by atoms with Gasteiger partial charge >= 0.3 is 0 Å². The maximum Gasteiger partial charge on any atom is 0.223 e. The predicted molar refractivity (Wildman–Crippen MR) is 86.5 cm³/mol. The zero-order chi connectivity index (χ0) is 17.1. The largest absolute Gasteiger partial charge is 0.479 e. The van der Waals surface area contributed by atoms with Crippen molar-refractivity contribution in [1.82, 2.24) is 9.97 Å². The fraction of sp³-hybridized carbons (Fsp3) is 0.353. The Bertz CT molecular complexity index is 814. The molecule has 0 aliphatic heterocycles. The first-order chi connectivity index (χ1) is 10.9. The average Bonchev–Trinajstić information content (AvgIpc) is 2.83. The van der Waals surface area contributed by atoms with Crippen molar-refractivity contribution in [1.29, 1.82) is 0 Å². The summed E-state index contributed by atoms with van der Waals surface area (Å²) in [6, 6.07) is 1.34. The van der Waals surface area contributed by atoms with E-state index in [4.69, 9.17) is 4.74 Å². The van der Waals surface area contributed by atoms with Crippen molar-refractivity contribution in [2.24, 2.45) is 0 Å². The number of hydrogen-bond acceptors (Lipinski definition) is 4. The van der Waals surface area contributed by atoms with Crippen molar-refractivity contribution >= 4 is 11.6 Å². The van der Waals surface area contributed by atoms with E-state index < -0.39 is 0 Å². The summed E-state index contributed by atoms with van der Waals surface area (Å²) >= 11 is 0. The van der Waals surface area contributed by atoms with Crippen LogP contribution in [-0.4, -0.2) is 28.1 Å². The van der Waals surface area contributed by atoms with Crippen molar-refractivity contribution < 1.29 is 14.3 Å². The van der Waals surface area contributed by atoms with E-state index in [9.17, 15) is 14.4 Å². The Labute approximate surface area is 133 Å². The number of rotatable bonds is 6. The molecule has 2 N–H and O–H groups in total. The Hall–Kier alpha value is -2.63. The van der Waals surface area contributed by atoms with E-state index in [0.717, 1.165) is 0 Å². The Morgan fingerprint density at radius 2 is 1.91 bits per heavy atom. The smallest absolute Gasteiger partial charge is 0.223 e. The van der Waals surface area contributed by atoms with Crippen LogP contribution in [-0.2, 0) is 6.42 Å². The molecule has 2 rings (SSSR count). The van der Waals surface area contributed by atoms with Crippen molar-refractivity contribution in [3.05, 3.63) is 50.7 Å². The molecule has 2 heterocycles. The summed E-state index contributed by atoms with van der Waals surface area (Å²) in [5.41, 5.74) is 2.59. The number of nitrogens with one attached hydrogen (secondary N) is 2. The number of pyridine rings is 1. The number of aryl methyl sites for hydroxylation is 2. The van der Waals surface area contributed by atoms with Gasteiger partial charge in [-0.2, -0.15) is 0 Å². The molecule has 6 heteroatoms. The third-order valence-electron chi connectivity index (χ3n) is 3.72. The van der Waals surface area contributed by atoms with Gasteiger partial charge in [0, 0.05) is 23.5 Å². The number of carbonyl (C=O) groups excluding carboxylic acids is 2. The minimum absolute atomic E-state index is 0.0779. The van der Waals surface area contributed by atoms with E-state index in [1.807, 2.05) is 6.92 Å². The van der Waals surface area contributed by atoms with Gasteiger partial charge in [-0.1, -0.05) is 6.92 Å². The molecular weight excluding hydrogens is 296 g/mol. The molecule has 0 saturated carbocycles. The molecule has 0 spiro atoms. The fourth-order valence-electron chi connectivity index (χ4n) is 2.70. The van der Waals surface area contributed by atoms with Crippen LogP contribution in [0.4, 0.5) is 0 Å². The van der Waals surface area contributed by atoms with Gasteiger partial charge in [0.2, 0.25) is 11.2 Å². The molecule has 0 aliphatic rings. The van der Waals surface area contributed by atoms with Gasteiger partial charge < -0.3 is 14.7 Å². The zero-order valence-corrected chi connectivity index (χ0v) is 13.7. The quantitative estimate of drug-likeness (QED) is 0.800. The predicted octanol–water partition coefficient (Wildman–Crippen LogP) is 2.35. The summed E-state index contributed by atoms with van der Waals surface area (Å²) in [5.74, 6) is -0.236. The van der Waals surface area contributed by atoms with Gasteiger partial charge in [-0.05, 0) is 32.8 Å². The number of ketones is 2. The van der Waals surface area contributed by atoms with Crippen molar-refractivity contribution in [2.45, 2.75) is 34.1 Å². The summed E-state index contributed by atoms with van der Waals surface area (Å²) in [6.07, 6.45) is 2.08. The second-order valence-corrected chi connectivity index (χ2v) is 5.40. The lowest BCUT2D eigenvalue weighted by Gasteiger charge is -2.07. The van der Waals surface area contributed by atoms with Gasteiger partial charge in [-0.15, -0.1) is 0 Å². The first kappa shape index (κ1) is 16.7. The lowest BCUT2D eigenvalue weighted by molar-refractivity contribution is 0.0914. The highest BCUT2D eigenvalue weighted by molar-refractivity contribution is 6.03. The lowest BCUT2D eigenvalue weighted by Crippen LogP contribution is -2.18. The normalized spacial score (nSPS) is 10.6. The highest BCUT2D eigenvalue weighted by atomic mass is 16.5. The summed E-state index contributed by atoms with van der Waals surface area (Å²) < 4.78 is 5.39. The molecule has 2 aromatic heterocycles. The van der Waals surface area contributed by atoms with Crippen LogP contribution in [0.3, 0.4) is 0 Å². The summed E-state index contributed by atoms with van der Waals surface area (Å²) in [4.78, 5) is 41.8. The highest BCUT2D eigenvalue weighted by Gasteiger charge is 2.22. The minimum Gasteiger partial charge on any atom is -0.479 e. The third kappa shape index (κ3) is 3.26. The van der Waals surface area contributed by atoms with E-state index in [0.29, 0.717) is 34.6 Å². The topological polar surface area (TPSA) is 92.0 Å². The van der Waals surface area contributed by atoms with E-state index >= 15 is 0 Å². The number of aromatic amines is 2. The summed E-state index contributed by atoms with van der Waals surface area (Å²) in [5, 5.41) is 0. The van der Waals surface area contributed by atoms with E-state index in [1.54, 1.807) is 13.8 Å². The van der Waals surface area contributed by atoms with Crippen LogP contribution in [0.2, 0.25) is 0 Å². The number of ether oxygens (including phenoxy) is 1. The Morgan fingerprint density at radius 1 is 1.22 bits per heavy atom. The van der Waals surface area contributed by atoms with Crippen LogP contribution < -0.4 is 10.2 Å². The first-order valence-electron chi connectivity index (χ1n) is 7.43. The molecule has 0 bridgehead atoms. The highest BCUT2D eigenvalue weighted by Crippen LogP contribution is 2.21. The first-order valence-corrected chi connectivity index (χ1v) is 7.43. The zero-order valence-electron chi connectivity index (χ0n) is 13.7. The average molecular weight is 316 g/mol. The molecule has 6 nitrogen and oxygen atoms in total. The number of aromatic nitrogens is 2. The molecule has 0 radical (unpaired) electrons. The van der Waals surface area contributed by atoms with Gasteiger partial charge in [-0.25, -0.2) is 0 Å². The van der Waals surface area contributed by atoms with Crippen LogP contribution in [0.1, 0.15) is 51.6 Å². The standard InChI is InChI=1S/C17H20N2O4/c1-5-12-15(11(4)20)9(2)19-16(12)14(22)8-23-17-10(3)18-7-6-13(17)21/h6-7,19H,5,8H2,1-4H3,(H,18,21). The summed E-state index contributed by atoms with van der Waals surface area (Å²) in [6.45, 7) is 6.56. The van der Waals surface area contributed by atoms with Crippen LogP contribution in [0.25, 0.3) is 0 Å². The molecule has 0 amide bonds. The van der Waals surface area contributed by atoms with Gasteiger partial charge in [0.15, 0.2) is 18.1 Å². The van der Waals surface area contributed by atoms with Crippen LogP contribution >= 0.6 is 0 Å². The number of carbonyl (C=O) groups is 2. The van der Waals surface area contributed by atoms with Crippen molar-refractivity contribution in [3.8, 4) is 5.75 Å². The Kier molecular flexibility index (Phi) is 4.83. The molecule has 122 valence electrons. The number of Topliss-reactive ketones (excluding diaryl/α,β-unsaturated/α-hetero) is 2. The molecule has 0 atom stereocenters. The van der Waals surface area contributed by atoms with Gasteiger partial charge in [-0.3, -0.25) is 14.4 Å². The molecule has 0 aliphatic carbocycles. The van der Waals surface area contributed by atoms with E-state index in [-0.39, 0.29) is 29.4 Å². The van der Waals surface area contributed by atoms with Crippen molar-refractivity contribution in [3.63, 3.8) is 0 Å². The Balaban J connectivity index is 2.27. The SMILES string of the molecule is CCc1c(C(=O)COc2c(C)[nH]ccc2=O)[nH]c(C)c1C(C)=O. The number of H-pyrrole nitrogens is 2. The molecule has 2 aromatic rings. The molecule has 0 saturated heterocycles. The molecule has 0 aromatic carbocycles. The van der Waals surface area contributed by atoms with Crippen LogP contribution in [0.5, 0.6) is 5.75 Å².